The zero-order chi connectivity index (χ0) is 21.2. The van der Waals surface area contributed by atoms with Crippen molar-refractivity contribution in [1.29, 1.82) is 0 Å². The Bertz CT molecular complexity index is 1150. The Labute approximate surface area is 177 Å². The molecular weight excluding hydrogens is 392 g/mol. The fraction of sp³-hybridized carbons (Fsp3) is 0.0769. The lowest BCUT2D eigenvalue weighted by Gasteiger charge is -2.38. The Balaban J connectivity index is 2.26. The zero-order valence-electron chi connectivity index (χ0n) is 16.6. The standard InChI is InChI=1S/C26H22O3S/c1-20-12-11-19-24(25(20)30(27,28)29)26(21-13-5-2-6-14-21,22-15-7-3-8-16-22)23-17-9-4-10-18-23/h2-19H,1H3,(H,27,28,29). The Morgan fingerprint density at radius 2 is 1.00 bits per heavy atom. The van der Waals surface area contributed by atoms with E-state index in [0.29, 0.717) is 11.1 Å². The number of rotatable bonds is 5. The highest BCUT2D eigenvalue weighted by atomic mass is 32.2. The van der Waals surface area contributed by atoms with Crippen LogP contribution in [0.1, 0.15) is 27.8 Å². The average Bonchev–Trinajstić information content (AvgIpc) is 2.76. The van der Waals surface area contributed by atoms with Crippen LogP contribution in [-0.4, -0.2) is 13.0 Å². The van der Waals surface area contributed by atoms with E-state index in [1.165, 1.54) is 0 Å². The minimum absolute atomic E-state index is 0.0541. The predicted octanol–water partition coefficient (Wildman–Crippen LogP) is 5.62. The fourth-order valence-corrected chi connectivity index (χ4v) is 5.30. The van der Waals surface area contributed by atoms with Crippen LogP contribution in [0.4, 0.5) is 0 Å². The molecule has 0 bridgehead atoms. The highest BCUT2D eigenvalue weighted by Gasteiger charge is 2.42. The summed E-state index contributed by atoms with van der Waals surface area (Å²) in [5, 5.41) is 0. The van der Waals surface area contributed by atoms with Crippen LogP contribution >= 0.6 is 0 Å². The lowest BCUT2D eigenvalue weighted by molar-refractivity contribution is 0.480. The molecule has 0 heterocycles. The second-order valence-corrected chi connectivity index (χ2v) is 8.63. The summed E-state index contributed by atoms with van der Waals surface area (Å²) < 4.78 is 35.4. The van der Waals surface area contributed by atoms with Gasteiger partial charge >= 0.3 is 0 Å². The molecule has 0 aliphatic rings. The van der Waals surface area contributed by atoms with Gasteiger partial charge in [0, 0.05) is 0 Å². The molecule has 0 fully saturated rings. The third-order valence-corrected chi connectivity index (χ3v) is 6.55. The van der Waals surface area contributed by atoms with Crippen LogP contribution in [0.3, 0.4) is 0 Å². The van der Waals surface area contributed by atoms with Gasteiger partial charge in [-0.15, -0.1) is 0 Å². The van der Waals surface area contributed by atoms with E-state index in [0.717, 1.165) is 16.7 Å². The first-order valence-corrected chi connectivity index (χ1v) is 11.1. The van der Waals surface area contributed by atoms with Crippen molar-refractivity contribution >= 4 is 10.1 Å². The molecule has 1 N–H and O–H groups in total. The first-order chi connectivity index (χ1) is 14.5. The van der Waals surface area contributed by atoms with Gasteiger partial charge in [-0.25, -0.2) is 0 Å². The quantitative estimate of drug-likeness (QED) is 0.340. The van der Waals surface area contributed by atoms with Crippen LogP contribution in [0.15, 0.2) is 114 Å². The molecule has 0 aliphatic heterocycles. The first kappa shape index (κ1) is 20.1. The molecule has 4 aromatic carbocycles. The van der Waals surface area contributed by atoms with Gasteiger partial charge in [-0.3, -0.25) is 4.55 Å². The molecule has 0 saturated heterocycles. The van der Waals surface area contributed by atoms with Gasteiger partial charge in [-0.1, -0.05) is 109 Å². The summed E-state index contributed by atoms with van der Waals surface area (Å²) in [7, 11) is -4.47. The molecule has 0 amide bonds. The molecule has 4 rings (SSSR count). The average molecular weight is 415 g/mol. The van der Waals surface area contributed by atoms with Gasteiger partial charge in [0.2, 0.25) is 0 Å². The second kappa shape index (κ2) is 7.90. The zero-order valence-corrected chi connectivity index (χ0v) is 17.4. The summed E-state index contributed by atoms with van der Waals surface area (Å²) in [4.78, 5) is -0.0541. The first-order valence-electron chi connectivity index (χ1n) is 9.70. The van der Waals surface area contributed by atoms with Gasteiger partial charge in [0.25, 0.3) is 10.1 Å². The van der Waals surface area contributed by atoms with Crippen LogP contribution in [0.25, 0.3) is 0 Å². The van der Waals surface area contributed by atoms with Crippen molar-refractivity contribution < 1.29 is 13.0 Å². The number of benzene rings is 4. The Kier molecular flexibility index (Phi) is 5.29. The van der Waals surface area contributed by atoms with Gasteiger partial charge in [-0.2, -0.15) is 8.42 Å². The minimum atomic E-state index is -4.47. The van der Waals surface area contributed by atoms with Crippen LogP contribution < -0.4 is 0 Å². The minimum Gasteiger partial charge on any atom is -0.282 e. The largest absolute Gasteiger partial charge is 0.295 e. The smallest absolute Gasteiger partial charge is 0.282 e. The van der Waals surface area contributed by atoms with Crippen molar-refractivity contribution in [2.45, 2.75) is 17.2 Å². The van der Waals surface area contributed by atoms with Crippen molar-refractivity contribution in [3.05, 3.63) is 137 Å². The van der Waals surface area contributed by atoms with Crippen LogP contribution in [0.2, 0.25) is 0 Å². The van der Waals surface area contributed by atoms with Gasteiger partial charge in [0.15, 0.2) is 0 Å². The number of aryl methyl sites for hydroxylation is 1. The molecule has 3 nitrogen and oxygen atoms in total. The van der Waals surface area contributed by atoms with Gasteiger partial charge in [-0.05, 0) is 34.7 Å². The van der Waals surface area contributed by atoms with E-state index < -0.39 is 15.5 Å². The maximum atomic E-state index is 12.6. The SMILES string of the molecule is Cc1cccc(C(c2ccccc2)(c2ccccc2)c2ccccc2)c1S(=O)(=O)O. The van der Waals surface area contributed by atoms with Crippen molar-refractivity contribution in [3.63, 3.8) is 0 Å². The molecular formula is C26H22O3S. The molecule has 0 unspecified atom stereocenters. The fourth-order valence-electron chi connectivity index (χ4n) is 4.32. The summed E-state index contributed by atoms with van der Waals surface area (Å²) in [5.41, 5.74) is 2.84. The highest BCUT2D eigenvalue weighted by Crippen LogP contribution is 2.47. The predicted molar refractivity (Wildman–Crippen MR) is 119 cm³/mol. The summed E-state index contributed by atoms with van der Waals surface area (Å²) in [6.07, 6.45) is 0. The Hall–Kier alpha value is -3.21. The maximum absolute atomic E-state index is 12.6. The van der Waals surface area contributed by atoms with Crippen molar-refractivity contribution in [3.8, 4) is 0 Å². The molecule has 0 atom stereocenters. The Morgan fingerprint density at radius 3 is 1.37 bits per heavy atom. The summed E-state index contributed by atoms with van der Waals surface area (Å²) in [5.74, 6) is 0. The molecule has 0 aliphatic carbocycles. The third-order valence-electron chi connectivity index (χ3n) is 5.49. The lowest BCUT2D eigenvalue weighted by atomic mass is 9.65. The van der Waals surface area contributed by atoms with E-state index in [4.69, 9.17) is 0 Å². The van der Waals surface area contributed by atoms with E-state index in [-0.39, 0.29) is 4.90 Å². The Morgan fingerprint density at radius 1 is 0.600 bits per heavy atom. The van der Waals surface area contributed by atoms with Crippen LogP contribution in [0, 0.1) is 6.92 Å². The topological polar surface area (TPSA) is 54.4 Å². The highest BCUT2D eigenvalue weighted by molar-refractivity contribution is 7.86. The van der Waals surface area contributed by atoms with Gasteiger partial charge in [0.1, 0.15) is 4.90 Å². The van der Waals surface area contributed by atoms with E-state index in [1.54, 1.807) is 19.1 Å². The van der Waals surface area contributed by atoms with Crippen LogP contribution in [-0.2, 0) is 15.5 Å². The van der Waals surface area contributed by atoms with E-state index in [1.807, 2.05) is 97.1 Å². The molecule has 4 aromatic rings. The molecule has 30 heavy (non-hydrogen) atoms. The van der Waals surface area contributed by atoms with E-state index >= 15 is 0 Å². The van der Waals surface area contributed by atoms with Crippen molar-refractivity contribution in [2.24, 2.45) is 0 Å². The number of hydrogen-bond donors (Lipinski definition) is 1. The summed E-state index contributed by atoms with van der Waals surface area (Å²) in [6.45, 7) is 1.71. The lowest BCUT2D eigenvalue weighted by Crippen LogP contribution is -2.33. The van der Waals surface area contributed by atoms with Gasteiger partial charge < -0.3 is 0 Å². The van der Waals surface area contributed by atoms with Gasteiger partial charge in [0.05, 0.1) is 5.41 Å². The summed E-state index contributed by atoms with van der Waals surface area (Å²) in [6, 6.07) is 34.8. The normalized spacial score (nSPS) is 11.9. The second-order valence-electron chi connectivity index (χ2n) is 7.27. The van der Waals surface area contributed by atoms with Crippen molar-refractivity contribution in [1.82, 2.24) is 0 Å². The molecule has 4 heteroatoms. The number of hydrogen-bond acceptors (Lipinski definition) is 2. The maximum Gasteiger partial charge on any atom is 0.295 e. The van der Waals surface area contributed by atoms with E-state index in [2.05, 4.69) is 0 Å². The monoisotopic (exact) mass is 414 g/mol. The molecule has 0 spiro atoms. The molecule has 0 radical (unpaired) electrons. The third kappa shape index (κ3) is 3.34. The summed E-state index contributed by atoms with van der Waals surface area (Å²) >= 11 is 0. The van der Waals surface area contributed by atoms with Crippen molar-refractivity contribution in [2.75, 3.05) is 0 Å². The molecule has 150 valence electrons. The molecule has 0 saturated carbocycles. The van der Waals surface area contributed by atoms with Crippen LogP contribution in [0.5, 0.6) is 0 Å². The van der Waals surface area contributed by atoms with E-state index in [9.17, 15) is 13.0 Å². The molecule has 0 aromatic heterocycles.